The lowest BCUT2D eigenvalue weighted by Gasteiger charge is -2.39. The van der Waals surface area contributed by atoms with E-state index in [-0.39, 0.29) is 0 Å². The molecule has 0 radical (unpaired) electrons. The van der Waals surface area contributed by atoms with Crippen LogP contribution in [0.5, 0.6) is 0 Å². The summed E-state index contributed by atoms with van der Waals surface area (Å²) in [6.45, 7) is -0.467. The van der Waals surface area contributed by atoms with Crippen LogP contribution in [-0.2, 0) is 4.74 Å². The first kappa shape index (κ1) is 16.3. The van der Waals surface area contributed by atoms with Crippen molar-refractivity contribution < 1.29 is 25.2 Å². The summed E-state index contributed by atoms with van der Waals surface area (Å²) in [5.41, 5.74) is -0.874. The largest absolute Gasteiger partial charge is 0.394 e. The van der Waals surface area contributed by atoms with Gasteiger partial charge in [-0.3, -0.25) is 0 Å². The van der Waals surface area contributed by atoms with Gasteiger partial charge in [-0.2, -0.15) is 0 Å². The molecule has 112 valence electrons. The first-order chi connectivity index (χ1) is 9.43. The molecule has 1 aliphatic rings. The number of ether oxygens (including phenoxy) is 1. The molecule has 0 spiro atoms. The van der Waals surface area contributed by atoms with Crippen molar-refractivity contribution in [2.75, 3.05) is 6.61 Å². The minimum atomic E-state index is -1.41. The van der Waals surface area contributed by atoms with Gasteiger partial charge in [0.1, 0.15) is 29.9 Å². The average molecular weight is 341 g/mol. The van der Waals surface area contributed by atoms with Crippen molar-refractivity contribution in [3.05, 3.63) is 28.2 Å². The molecule has 5 atom stereocenters. The van der Waals surface area contributed by atoms with Gasteiger partial charge in [0, 0.05) is 9.92 Å². The molecule has 4 N–H and O–H groups in total. The molecule has 1 fully saturated rings. The van der Waals surface area contributed by atoms with E-state index < -0.39 is 36.5 Å². The molecule has 0 aromatic heterocycles. The molecule has 1 aromatic rings. The quantitative estimate of drug-likeness (QED) is 0.653. The van der Waals surface area contributed by atoms with Crippen LogP contribution >= 0.6 is 35.0 Å². The van der Waals surface area contributed by atoms with Gasteiger partial charge in [0.15, 0.2) is 0 Å². The Kier molecular flexibility index (Phi) is 5.56. The third-order valence-corrected chi connectivity index (χ3v) is 4.88. The van der Waals surface area contributed by atoms with Crippen molar-refractivity contribution in [3.63, 3.8) is 0 Å². The van der Waals surface area contributed by atoms with E-state index in [9.17, 15) is 15.3 Å². The maximum Gasteiger partial charge on any atom is 0.136 e. The standard InChI is InChI=1S/C12H14Cl2O5S/c13-5-1-2-6(14)8(3-5)20-12-11(18)10(17)9(16)7(4-15)19-12/h1-3,7,9-12,15-18H,4H2. The summed E-state index contributed by atoms with van der Waals surface area (Å²) in [7, 11) is 0. The lowest BCUT2D eigenvalue weighted by molar-refractivity contribution is -0.205. The second kappa shape index (κ2) is 6.81. The van der Waals surface area contributed by atoms with Crippen molar-refractivity contribution >= 4 is 35.0 Å². The fraction of sp³-hybridized carbons (Fsp3) is 0.500. The van der Waals surface area contributed by atoms with Crippen LogP contribution in [0, 0.1) is 0 Å². The van der Waals surface area contributed by atoms with Gasteiger partial charge in [-0.1, -0.05) is 35.0 Å². The zero-order valence-corrected chi connectivity index (χ0v) is 12.5. The van der Waals surface area contributed by atoms with Crippen LogP contribution < -0.4 is 0 Å². The number of aliphatic hydroxyl groups is 4. The molecule has 1 saturated heterocycles. The molecule has 20 heavy (non-hydrogen) atoms. The number of aliphatic hydroxyl groups excluding tert-OH is 4. The normalized spacial score (nSPS) is 34.2. The highest BCUT2D eigenvalue weighted by atomic mass is 35.5. The molecule has 2 rings (SSSR count). The van der Waals surface area contributed by atoms with E-state index >= 15 is 0 Å². The van der Waals surface area contributed by atoms with Crippen LogP contribution in [0.2, 0.25) is 10.0 Å². The van der Waals surface area contributed by atoms with Crippen LogP contribution in [0.3, 0.4) is 0 Å². The molecule has 5 unspecified atom stereocenters. The van der Waals surface area contributed by atoms with Crippen LogP contribution in [0.25, 0.3) is 0 Å². The third kappa shape index (κ3) is 3.40. The van der Waals surface area contributed by atoms with Gasteiger partial charge in [0.05, 0.1) is 11.6 Å². The first-order valence-corrected chi connectivity index (χ1v) is 7.50. The second-order valence-electron chi connectivity index (χ2n) is 4.39. The van der Waals surface area contributed by atoms with Crippen molar-refractivity contribution in [2.24, 2.45) is 0 Å². The molecular weight excluding hydrogens is 327 g/mol. The molecule has 1 aromatic carbocycles. The van der Waals surface area contributed by atoms with Gasteiger partial charge in [-0.25, -0.2) is 0 Å². The predicted molar refractivity (Wildman–Crippen MR) is 76.1 cm³/mol. The monoisotopic (exact) mass is 340 g/mol. The molecule has 8 heteroatoms. The van der Waals surface area contributed by atoms with E-state index in [1.165, 1.54) is 0 Å². The van der Waals surface area contributed by atoms with E-state index in [2.05, 4.69) is 0 Å². The molecule has 0 aliphatic carbocycles. The minimum Gasteiger partial charge on any atom is -0.394 e. The fourth-order valence-electron chi connectivity index (χ4n) is 1.86. The Labute approximate surface area is 130 Å². The van der Waals surface area contributed by atoms with E-state index in [0.29, 0.717) is 14.9 Å². The SMILES string of the molecule is OCC1OC(Sc2cc(Cl)ccc2Cl)C(O)C(O)C1O. The summed E-state index contributed by atoms with van der Waals surface area (Å²) in [5, 5.41) is 39.3. The Hall–Kier alpha value is -0.0500. The zero-order valence-electron chi connectivity index (χ0n) is 10.2. The van der Waals surface area contributed by atoms with Crippen LogP contribution in [0.4, 0.5) is 0 Å². The smallest absolute Gasteiger partial charge is 0.136 e. The highest BCUT2D eigenvalue weighted by Gasteiger charge is 2.43. The van der Waals surface area contributed by atoms with Crippen molar-refractivity contribution in [3.8, 4) is 0 Å². The first-order valence-electron chi connectivity index (χ1n) is 5.86. The summed E-state index contributed by atoms with van der Waals surface area (Å²) < 4.78 is 5.38. The molecule has 0 amide bonds. The van der Waals surface area contributed by atoms with E-state index in [4.69, 9.17) is 33.0 Å². The number of hydrogen-bond donors (Lipinski definition) is 4. The summed E-state index contributed by atoms with van der Waals surface area (Å²) in [6, 6.07) is 4.84. The van der Waals surface area contributed by atoms with Crippen LogP contribution in [-0.4, -0.2) is 56.9 Å². The van der Waals surface area contributed by atoms with Gasteiger partial charge in [-0.15, -0.1) is 0 Å². The van der Waals surface area contributed by atoms with Gasteiger partial charge in [-0.05, 0) is 18.2 Å². The molecule has 0 saturated carbocycles. The third-order valence-electron chi connectivity index (χ3n) is 2.98. The average Bonchev–Trinajstić information content (AvgIpc) is 2.43. The summed E-state index contributed by atoms with van der Waals surface area (Å²) in [4.78, 5) is 0.573. The Morgan fingerprint density at radius 2 is 1.80 bits per heavy atom. The van der Waals surface area contributed by atoms with Crippen LogP contribution in [0.15, 0.2) is 23.1 Å². The highest BCUT2D eigenvalue weighted by Crippen LogP contribution is 2.37. The summed E-state index contributed by atoms with van der Waals surface area (Å²) >= 11 is 13.0. The fourth-order valence-corrected chi connectivity index (χ4v) is 3.47. The maximum atomic E-state index is 9.93. The van der Waals surface area contributed by atoms with Gasteiger partial charge >= 0.3 is 0 Å². The number of benzene rings is 1. The summed E-state index contributed by atoms with van der Waals surface area (Å²) in [5.74, 6) is 0. The van der Waals surface area contributed by atoms with E-state index in [0.717, 1.165) is 11.8 Å². The Morgan fingerprint density at radius 3 is 2.45 bits per heavy atom. The second-order valence-corrected chi connectivity index (χ2v) is 6.37. The van der Waals surface area contributed by atoms with E-state index in [1.807, 2.05) is 0 Å². The molecule has 0 bridgehead atoms. The number of hydrogen-bond acceptors (Lipinski definition) is 6. The lowest BCUT2D eigenvalue weighted by Crippen LogP contribution is -2.57. The number of rotatable bonds is 3. The minimum absolute atomic E-state index is 0.427. The number of halogens is 2. The molecule has 5 nitrogen and oxygen atoms in total. The van der Waals surface area contributed by atoms with Crippen molar-refractivity contribution in [2.45, 2.75) is 34.7 Å². The van der Waals surface area contributed by atoms with Gasteiger partial charge in [0.2, 0.25) is 0 Å². The number of thioether (sulfide) groups is 1. The van der Waals surface area contributed by atoms with Crippen molar-refractivity contribution in [1.82, 2.24) is 0 Å². The Morgan fingerprint density at radius 1 is 1.10 bits per heavy atom. The van der Waals surface area contributed by atoms with Gasteiger partial charge < -0.3 is 25.2 Å². The Bertz CT molecular complexity index is 473. The topological polar surface area (TPSA) is 90.2 Å². The van der Waals surface area contributed by atoms with Crippen molar-refractivity contribution in [1.29, 1.82) is 0 Å². The predicted octanol–water partition coefficient (Wildman–Crippen LogP) is 0.885. The highest BCUT2D eigenvalue weighted by molar-refractivity contribution is 8.00. The van der Waals surface area contributed by atoms with Gasteiger partial charge in [0.25, 0.3) is 0 Å². The van der Waals surface area contributed by atoms with Crippen LogP contribution in [0.1, 0.15) is 0 Å². The molecule has 1 aliphatic heterocycles. The summed E-state index contributed by atoms with van der Waals surface area (Å²) in [6.07, 6.45) is -5.03. The zero-order chi connectivity index (χ0) is 14.9. The Balaban J connectivity index is 2.17. The maximum absolute atomic E-state index is 9.93. The molecule has 1 heterocycles. The van der Waals surface area contributed by atoms with E-state index in [1.54, 1.807) is 18.2 Å². The molecular formula is C12H14Cl2O5S. The lowest BCUT2D eigenvalue weighted by atomic mass is 10.0.